The third-order valence-corrected chi connectivity index (χ3v) is 4.04. The van der Waals surface area contributed by atoms with E-state index in [4.69, 9.17) is 0 Å². The minimum atomic E-state index is 0.810. The Morgan fingerprint density at radius 1 is 0.938 bits per heavy atom. The smallest absolute Gasteiger partial charge is 0.0157 e. The van der Waals surface area contributed by atoms with Crippen LogP contribution in [0.15, 0.2) is 24.3 Å². The number of rotatable bonds is 2. The van der Waals surface area contributed by atoms with Crippen LogP contribution in [0.25, 0.3) is 0 Å². The molecule has 2 atom stereocenters. The average Bonchev–Trinajstić information content (AvgIpc) is 2.28. The van der Waals surface area contributed by atoms with E-state index in [-0.39, 0.29) is 0 Å². The van der Waals surface area contributed by atoms with Crippen LogP contribution < -0.4 is 0 Å². The van der Waals surface area contributed by atoms with Crippen molar-refractivity contribution in [3.63, 3.8) is 0 Å². The van der Waals surface area contributed by atoms with Crippen molar-refractivity contribution in [2.75, 3.05) is 0 Å². The molecule has 1 saturated carbocycles. The lowest BCUT2D eigenvalue weighted by molar-refractivity contribution is 0.268. The minimum Gasteiger partial charge on any atom is -0.0625 e. The molecule has 0 aliphatic heterocycles. The molecule has 0 saturated heterocycles. The molecule has 88 valence electrons. The van der Waals surface area contributed by atoms with Crippen LogP contribution >= 0.6 is 0 Å². The highest BCUT2D eigenvalue weighted by Crippen LogP contribution is 2.38. The van der Waals surface area contributed by atoms with E-state index < -0.39 is 0 Å². The highest BCUT2D eigenvalue weighted by Gasteiger charge is 2.24. The minimum absolute atomic E-state index is 0.810. The maximum absolute atomic E-state index is 2.41. The monoisotopic (exact) mass is 216 g/mol. The number of aryl methyl sites for hydroxylation is 1. The van der Waals surface area contributed by atoms with Gasteiger partial charge in [0.25, 0.3) is 0 Å². The molecule has 1 aromatic carbocycles. The SMILES string of the molecule is CCc1ccc(C2CC(C)CC(C)C2)cc1. The summed E-state index contributed by atoms with van der Waals surface area (Å²) in [5, 5.41) is 0. The molecule has 2 unspecified atom stereocenters. The summed E-state index contributed by atoms with van der Waals surface area (Å²) in [7, 11) is 0. The zero-order valence-corrected chi connectivity index (χ0v) is 10.9. The number of hydrogen-bond acceptors (Lipinski definition) is 0. The van der Waals surface area contributed by atoms with E-state index >= 15 is 0 Å². The molecular formula is C16H24. The van der Waals surface area contributed by atoms with Gasteiger partial charge in [-0.05, 0) is 54.6 Å². The average molecular weight is 216 g/mol. The summed E-state index contributed by atoms with van der Waals surface area (Å²) in [6.07, 6.45) is 5.34. The van der Waals surface area contributed by atoms with Crippen LogP contribution in [-0.4, -0.2) is 0 Å². The second-order valence-corrected chi connectivity index (χ2v) is 5.71. The molecule has 0 N–H and O–H groups in total. The van der Waals surface area contributed by atoms with E-state index in [1.807, 2.05) is 0 Å². The molecule has 1 aliphatic rings. The molecule has 0 spiro atoms. The first kappa shape index (κ1) is 11.7. The van der Waals surface area contributed by atoms with Gasteiger partial charge in [-0.3, -0.25) is 0 Å². The summed E-state index contributed by atoms with van der Waals surface area (Å²) < 4.78 is 0. The van der Waals surface area contributed by atoms with Gasteiger partial charge in [-0.25, -0.2) is 0 Å². The summed E-state index contributed by atoms with van der Waals surface area (Å²) in [6.45, 7) is 7.03. The zero-order valence-electron chi connectivity index (χ0n) is 10.9. The van der Waals surface area contributed by atoms with Crippen molar-refractivity contribution >= 4 is 0 Å². The quantitative estimate of drug-likeness (QED) is 0.667. The molecule has 1 fully saturated rings. The van der Waals surface area contributed by atoms with Crippen molar-refractivity contribution in [2.45, 2.75) is 52.4 Å². The molecule has 1 aromatic rings. The Balaban J connectivity index is 2.10. The van der Waals surface area contributed by atoms with Crippen molar-refractivity contribution in [1.82, 2.24) is 0 Å². The largest absolute Gasteiger partial charge is 0.0625 e. The first-order valence-electron chi connectivity index (χ1n) is 6.77. The van der Waals surface area contributed by atoms with E-state index in [9.17, 15) is 0 Å². The Morgan fingerprint density at radius 2 is 1.50 bits per heavy atom. The predicted molar refractivity (Wildman–Crippen MR) is 70.7 cm³/mol. The van der Waals surface area contributed by atoms with Gasteiger partial charge < -0.3 is 0 Å². The van der Waals surface area contributed by atoms with E-state index in [2.05, 4.69) is 45.0 Å². The summed E-state index contributed by atoms with van der Waals surface area (Å²) in [5.74, 6) is 2.61. The van der Waals surface area contributed by atoms with Gasteiger partial charge in [-0.2, -0.15) is 0 Å². The highest BCUT2D eigenvalue weighted by molar-refractivity contribution is 5.25. The first-order chi connectivity index (χ1) is 7.69. The van der Waals surface area contributed by atoms with Gasteiger partial charge in [0.1, 0.15) is 0 Å². The van der Waals surface area contributed by atoms with Gasteiger partial charge in [-0.1, -0.05) is 45.0 Å². The molecule has 0 nitrogen and oxygen atoms in total. The van der Waals surface area contributed by atoms with E-state index in [1.165, 1.54) is 24.8 Å². The van der Waals surface area contributed by atoms with Crippen LogP contribution in [0, 0.1) is 11.8 Å². The lowest BCUT2D eigenvalue weighted by atomic mass is 9.74. The van der Waals surface area contributed by atoms with Gasteiger partial charge in [0.2, 0.25) is 0 Å². The maximum Gasteiger partial charge on any atom is -0.0157 e. The van der Waals surface area contributed by atoms with Gasteiger partial charge in [0, 0.05) is 0 Å². The molecule has 2 rings (SSSR count). The van der Waals surface area contributed by atoms with E-state index in [0.717, 1.165) is 24.2 Å². The lowest BCUT2D eigenvalue weighted by Gasteiger charge is -2.31. The number of hydrogen-bond donors (Lipinski definition) is 0. The van der Waals surface area contributed by atoms with Gasteiger partial charge in [0.15, 0.2) is 0 Å². The van der Waals surface area contributed by atoms with Crippen LogP contribution in [0.2, 0.25) is 0 Å². The second kappa shape index (κ2) is 5.03. The summed E-state index contributed by atoms with van der Waals surface area (Å²) in [4.78, 5) is 0. The van der Waals surface area contributed by atoms with Crippen LogP contribution in [0.5, 0.6) is 0 Å². The Labute approximate surface area is 100 Å². The van der Waals surface area contributed by atoms with Crippen molar-refractivity contribution in [1.29, 1.82) is 0 Å². The fraction of sp³-hybridized carbons (Fsp3) is 0.625. The fourth-order valence-corrected chi connectivity index (χ4v) is 3.24. The molecule has 0 aromatic heterocycles. The van der Waals surface area contributed by atoms with Crippen molar-refractivity contribution in [3.8, 4) is 0 Å². The normalized spacial score (nSPS) is 30.3. The van der Waals surface area contributed by atoms with E-state index in [0.29, 0.717) is 0 Å². The van der Waals surface area contributed by atoms with Gasteiger partial charge in [-0.15, -0.1) is 0 Å². The lowest BCUT2D eigenvalue weighted by Crippen LogP contribution is -2.18. The summed E-state index contributed by atoms with van der Waals surface area (Å²) >= 11 is 0. The number of benzene rings is 1. The maximum atomic E-state index is 2.41. The van der Waals surface area contributed by atoms with Gasteiger partial charge in [0.05, 0.1) is 0 Å². The Bertz CT molecular complexity index is 312. The second-order valence-electron chi connectivity index (χ2n) is 5.71. The topological polar surface area (TPSA) is 0 Å². The van der Waals surface area contributed by atoms with E-state index in [1.54, 1.807) is 5.56 Å². The summed E-state index contributed by atoms with van der Waals surface area (Å²) in [6, 6.07) is 9.32. The molecule has 0 heterocycles. The molecule has 1 aliphatic carbocycles. The predicted octanol–water partition coefficient (Wildman–Crippen LogP) is 4.79. The van der Waals surface area contributed by atoms with Crippen LogP contribution in [-0.2, 0) is 6.42 Å². The first-order valence-corrected chi connectivity index (χ1v) is 6.77. The Hall–Kier alpha value is -0.780. The Kier molecular flexibility index (Phi) is 3.68. The van der Waals surface area contributed by atoms with Crippen LogP contribution in [0.3, 0.4) is 0 Å². The van der Waals surface area contributed by atoms with Crippen LogP contribution in [0.1, 0.15) is 57.1 Å². The van der Waals surface area contributed by atoms with Crippen molar-refractivity contribution < 1.29 is 0 Å². The fourth-order valence-electron chi connectivity index (χ4n) is 3.24. The third kappa shape index (κ3) is 2.66. The molecular weight excluding hydrogens is 192 g/mol. The standard InChI is InChI=1S/C16H24/c1-4-14-5-7-15(8-6-14)16-10-12(2)9-13(3)11-16/h5-8,12-13,16H,4,9-11H2,1-3H3. The molecule has 0 heteroatoms. The van der Waals surface area contributed by atoms with Crippen LogP contribution in [0.4, 0.5) is 0 Å². The molecule has 16 heavy (non-hydrogen) atoms. The highest BCUT2D eigenvalue weighted by atomic mass is 14.3. The molecule has 0 amide bonds. The molecule has 0 bridgehead atoms. The molecule has 0 radical (unpaired) electrons. The van der Waals surface area contributed by atoms with Crippen molar-refractivity contribution in [3.05, 3.63) is 35.4 Å². The Morgan fingerprint density at radius 3 is 2.00 bits per heavy atom. The zero-order chi connectivity index (χ0) is 11.5. The van der Waals surface area contributed by atoms with Crippen molar-refractivity contribution in [2.24, 2.45) is 11.8 Å². The van der Waals surface area contributed by atoms with Gasteiger partial charge >= 0.3 is 0 Å². The summed E-state index contributed by atoms with van der Waals surface area (Å²) in [5.41, 5.74) is 3.02. The third-order valence-electron chi connectivity index (χ3n) is 4.04.